The number of ether oxygens (including phenoxy) is 2. The third-order valence-electron chi connectivity index (χ3n) is 2.98. The normalized spacial score (nSPS) is 10.3. The van der Waals surface area contributed by atoms with Crippen LogP contribution in [-0.4, -0.2) is 25.3 Å². The number of hydrogen-bond acceptors (Lipinski definition) is 3. The molecule has 0 bridgehead atoms. The Kier molecular flexibility index (Phi) is 4.07. The van der Waals surface area contributed by atoms with Gasteiger partial charge >= 0.3 is 5.97 Å². The number of carbonyl (C=O) groups is 1. The Morgan fingerprint density at radius 1 is 1.00 bits per heavy atom. The summed E-state index contributed by atoms with van der Waals surface area (Å²) in [6.07, 6.45) is 0. The van der Waals surface area contributed by atoms with Gasteiger partial charge in [0.2, 0.25) is 5.82 Å². The summed E-state index contributed by atoms with van der Waals surface area (Å²) in [5.74, 6) is -3.41. The molecule has 0 radical (unpaired) electrons. The molecule has 2 aromatic carbocycles. The van der Waals surface area contributed by atoms with Gasteiger partial charge in [0, 0.05) is 0 Å². The van der Waals surface area contributed by atoms with E-state index in [1.165, 1.54) is 32.4 Å². The molecule has 0 amide bonds. The van der Waals surface area contributed by atoms with Gasteiger partial charge in [-0.3, -0.25) is 0 Å². The van der Waals surface area contributed by atoms with Gasteiger partial charge in [0.15, 0.2) is 11.6 Å². The van der Waals surface area contributed by atoms with Crippen molar-refractivity contribution in [3.63, 3.8) is 0 Å². The minimum atomic E-state index is -1.18. The number of halogens is 2. The number of aromatic carboxylic acids is 1. The Hall–Kier alpha value is -2.63. The Balaban J connectivity index is 2.59. The van der Waals surface area contributed by atoms with E-state index in [2.05, 4.69) is 0 Å². The van der Waals surface area contributed by atoms with Gasteiger partial charge in [0.05, 0.1) is 14.2 Å². The predicted octanol–water partition coefficient (Wildman–Crippen LogP) is 3.35. The van der Waals surface area contributed by atoms with E-state index in [4.69, 9.17) is 14.6 Å². The van der Waals surface area contributed by atoms with Crippen molar-refractivity contribution in [2.75, 3.05) is 14.2 Å². The third kappa shape index (κ3) is 2.79. The second-order valence-corrected chi connectivity index (χ2v) is 4.19. The Morgan fingerprint density at radius 3 is 2.24 bits per heavy atom. The lowest BCUT2D eigenvalue weighted by molar-refractivity contribution is 0.0693. The van der Waals surface area contributed by atoms with Gasteiger partial charge in [-0.05, 0) is 35.4 Å². The second kappa shape index (κ2) is 5.78. The second-order valence-electron chi connectivity index (χ2n) is 4.19. The fourth-order valence-electron chi connectivity index (χ4n) is 1.93. The van der Waals surface area contributed by atoms with E-state index < -0.39 is 17.6 Å². The average Bonchev–Trinajstić information content (AvgIpc) is 2.49. The number of carboxylic acid groups (broad SMARTS) is 1. The molecule has 0 spiro atoms. The third-order valence-corrected chi connectivity index (χ3v) is 2.98. The van der Waals surface area contributed by atoms with Crippen LogP contribution in [-0.2, 0) is 0 Å². The van der Waals surface area contributed by atoms with E-state index in [9.17, 15) is 13.6 Å². The van der Waals surface area contributed by atoms with E-state index >= 15 is 0 Å². The van der Waals surface area contributed by atoms with E-state index in [1.54, 1.807) is 6.07 Å². The summed E-state index contributed by atoms with van der Waals surface area (Å²) in [7, 11) is 2.57. The molecule has 0 atom stereocenters. The van der Waals surface area contributed by atoms with Crippen LogP contribution in [0.3, 0.4) is 0 Å². The van der Waals surface area contributed by atoms with Crippen LogP contribution in [0.1, 0.15) is 10.4 Å². The van der Waals surface area contributed by atoms with Gasteiger partial charge in [-0.2, -0.15) is 4.39 Å². The highest BCUT2D eigenvalue weighted by atomic mass is 19.2. The highest BCUT2D eigenvalue weighted by Gasteiger charge is 2.16. The predicted molar refractivity (Wildman–Crippen MR) is 71.9 cm³/mol. The van der Waals surface area contributed by atoms with Crippen molar-refractivity contribution in [2.24, 2.45) is 0 Å². The SMILES string of the molecule is COc1ccc(-c2cc(F)c(F)c(OC)c2)cc1C(=O)O. The molecule has 4 nitrogen and oxygen atoms in total. The van der Waals surface area contributed by atoms with Gasteiger partial charge in [0.1, 0.15) is 11.3 Å². The van der Waals surface area contributed by atoms with Crippen LogP contribution in [0.25, 0.3) is 11.1 Å². The highest BCUT2D eigenvalue weighted by Crippen LogP contribution is 2.31. The number of benzene rings is 2. The molecule has 0 aliphatic carbocycles. The maximum atomic E-state index is 13.5. The summed E-state index contributed by atoms with van der Waals surface area (Å²) < 4.78 is 36.6. The van der Waals surface area contributed by atoms with Crippen molar-refractivity contribution in [1.82, 2.24) is 0 Å². The molecule has 0 aromatic heterocycles. The van der Waals surface area contributed by atoms with Crippen molar-refractivity contribution < 1.29 is 28.2 Å². The Bertz CT molecular complexity index is 698. The van der Waals surface area contributed by atoms with Crippen LogP contribution in [0.4, 0.5) is 8.78 Å². The molecule has 0 saturated heterocycles. The van der Waals surface area contributed by atoms with Crippen LogP contribution < -0.4 is 9.47 Å². The minimum absolute atomic E-state index is 0.0706. The number of carboxylic acids is 1. The zero-order valence-corrected chi connectivity index (χ0v) is 11.3. The molecule has 21 heavy (non-hydrogen) atoms. The quantitative estimate of drug-likeness (QED) is 0.939. The first kappa shape index (κ1) is 14.8. The van der Waals surface area contributed by atoms with Crippen molar-refractivity contribution in [3.8, 4) is 22.6 Å². The number of methoxy groups -OCH3 is 2. The molecule has 0 fully saturated rings. The van der Waals surface area contributed by atoms with Gasteiger partial charge in [-0.1, -0.05) is 6.07 Å². The topological polar surface area (TPSA) is 55.8 Å². The first-order valence-electron chi connectivity index (χ1n) is 5.92. The van der Waals surface area contributed by atoms with E-state index in [-0.39, 0.29) is 17.1 Å². The number of hydrogen-bond donors (Lipinski definition) is 1. The summed E-state index contributed by atoms with van der Waals surface area (Å²) in [6, 6.07) is 6.61. The zero-order chi connectivity index (χ0) is 15.6. The van der Waals surface area contributed by atoms with E-state index in [1.807, 2.05) is 0 Å². The van der Waals surface area contributed by atoms with Crippen molar-refractivity contribution in [2.45, 2.75) is 0 Å². The molecule has 2 aromatic rings. The minimum Gasteiger partial charge on any atom is -0.496 e. The molecule has 1 N–H and O–H groups in total. The smallest absolute Gasteiger partial charge is 0.339 e. The molecule has 6 heteroatoms. The Morgan fingerprint density at radius 2 is 1.67 bits per heavy atom. The fourth-order valence-corrected chi connectivity index (χ4v) is 1.93. The molecule has 110 valence electrons. The Labute approximate surface area is 119 Å². The van der Waals surface area contributed by atoms with Crippen LogP contribution in [0, 0.1) is 11.6 Å². The molecule has 0 aliphatic rings. The molecule has 0 aliphatic heterocycles. The standard InChI is InChI=1S/C15H12F2O4/c1-20-12-4-3-8(5-10(12)15(18)19)9-6-11(16)14(17)13(7-9)21-2/h3-7H,1-2H3,(H,18,19). The van der Waals surface area contributed by atoms with Gasteiger partial charge < -0.3 is 14.6 Å². The maximum absolute atomic E-state index is 13.5. The molecule has 2 rings (SSSR count). The maximum Gasteiger partial charge on any atom is 0.339 e. The van der Waals surface area contributed by atoms with Crippen molar-refractivity contribution >= 4 is 5.97 Å². The van der Waals surface area contributed by atoms with Gasteiger partial charge in [-0.25, -0.2) is 9.18 Å². The van der Waals surface area contributed by atoms with Gasteiger partial charge in [0.25, 0.3) is 0 Å². The first-order chi connectivity index (χ1) is 9.97. The molecule has 0 heterocycles. The average molecular weight is 294 g/mol. The fraction of sp³-hybridized carbons (Fsp3) is 0.133. The molecular weight excluding hydrogens is 282 g/mol. The molecular formula is C15H12F2O4. The summed E-state index contributed by atoms with van der Waals surface area (Å²) in [5, 5.41) is 9.13. The summed E-state index contributed by atoms with van der Waals surface area (Å²) in [6.45, 7) is 0. The zero-order valence-electron chi connectivity index (χ0n) is 11.3. The summed E-state index contributed by atoms with van der Waals surface area (Å²) in [4.78, 5) is 11.2. The van der Waals surface area contributed by atoms with Crippen LogP contribution >= 0.6 is 0 Å². The van der Waals surface area contributed by atoms with Crippen molar-refractivity contribution in [1.29, 1.82) is 0 Å². The lowest BCUT2D eigenvalue weighted by Gasteiger charge is -2.10. The van der Waals surface area contributed by atoms with Crippen LogP contribution in [0.15, 0.2) is 30.3 Å². The van der Waals surface area contributed by atoms with E-state index in [0.717, 1.165) is 6.07 Å². The van der Waals surface area contributed by atoms with Crippen molar-refractivity contribution in [3.05, 3.63) is 47.5 Å². The highest BCUT2D eigenvalue weighted by molar-refractivity contribution is 5.92. The summed E-state index contributed by atoms with van der Waals surface area (Å²) in [5.41, 5.74) is 0.639. The van der Waals surface area contributed by atoms with Crippen LogP contribution in [0.2, 0.25) is 0 Å². The monoisotopic (exact) mass is 294 g/mol. The lowest BCUT2D eigenvalue weighted by atomic mass is 10.0. The molecule has 0 unspecified atom stereocenters. The van der Waals surface area contributed by atoms with Gasteiger partial charge in [-0.15, -0.1) is 0 Å². The lowest BCUT2D eigenvalue weighted by Crippen LogP contribution is -2.01. The molecule has 0 saturated carbocycles. The first-order valence-corrected chi connectivity index (χ1v) is 5.92. The largest absolute Gasteiger partial charge is 0.496 e. The van der Waals surface area contributed by atoms with Crippen LogP contribution in [0.5, 0.6) is 11.5 Å². The van der Waals surface area contributed by atoms with E-state index in [0.29, 0.717) is 11.1 Å². The summed E-state index contributed by atoms with van der Waals surface area (Å²) >= 11 is 0. The number of rotatable bonds is 4.